The molecule has 30 heavy (non-hydrogen) atoms. The van der Waals surface area contributed by atoms with Gasteiger partial charge in [-0.1, -0.05) is 66.7 Å². The molecule has 0 fully saturated rings. The predicted molar refractivity (Wildman–Crippen MR) is 129 cm³/mol. The second-order valence-corrected chi connectivity index (χ2v) is 7.11. The molecule has 4 rings (SSSR count). The number of hydrogen-bond acceptors (Lipinski definition) is 3. The van der Waals surface area contributed by atoms with Crippen molar-refractivity contribution in [3.05, 3.63) is 102 Å². The highest BCUT2D eigenvalue weighted by molar-refractivity contribution is 6.03. The summed E-state index contributed by atoms with van der Waals surface area (Å²) in [7, 11) is 0. The van der Waals surface area contributed by atoms with E-state index in [1.165, 1.54) is 0 Å². The van der Waals surface area contributed by atoms with Gasteiger partial charge >= 0.3 is 0 Å². The van der Waals surface area contributed by atoms with E-state index in [9.17, 15) is 0 Å². The average Bonchev–Trinajstić information content (AvgIpc) is 2.79. The normalized spacial score (nSPS) is 12.7. The molecular weight excluding hydrogens is 366 g/mol. The van der Waals surface area contributed by atoms with Crippen molar-refractivity contribution in [1.29, 1.82) is 0 Å². The molecule has 0 N–H and O–H groups in total. The van der Waals surface area contributed by atoms with Crippen LogP contribution in [0, 0.1) is 0 Å². The van der Waals surface area contributed by atoms with Gasteiger partial charge in [-0.15, -0.1) is 0 Å². The monoisotopic (exact) mass is 389 g/mol. The zero-order chi connectivity index (χ0) is 20.9. The maximum atomic E-state index is 4.98. The van der Waals surface area contributed by atoms with E-state index in [0.29, 0.717) is 0 Å². The molecule has 2 aromatic carbocycles. The number of rotatable bonds is 5. The van der Waals surface area contributed by atoms with Gasteiger partial charge in [0.2, 0.25) is 0 Å². The first-order valence-corrected chi connectivity index (χ1v) is 9.93. The molecule has 0 atom stereocenters. The van der Waals surface area contributed by atoms with Crippen LogP contribution in [0.4, 0.5) is 0 Å². The second-order valence-electron chi connectivity index (χ2n) is 7.11. The Morgan fingerprint density at radius 3 is 2.23 bits per heavy atom. The van der Waals surface area contributed by atoms with Crippen LogP contribution in [0.25, 0.3) is 38.6 Å². The number of allylic oxidation sites excluding steroid dienone is 5. The van der Waals surface area contributed by atoms with E-state index in [1.807, 2.05) is 37.3 Å². The van der Waals surface area contributed by atoms with Crippen molar-refractivity contribution in [2.24, 2.45) is 4.99 Å². The summed E-state index contributed by atoms with van der Waals surface area (Å²) in [5, 5.41) is 2.16. The van der Waals surface area contributed by atoms with Crippen LogP contribution in [-0.4, -0.2) is 16.7 Å². The Labute approximate surface area is 176 Å². The third-order valence-corrected chi connectivity index (χ3v) is 4.98. The topological polar surface area (TPSA) is 38.1 Å². The lowest BCUT2D eigenvalue weighted by atomic mass is 10.1. The first kappa shape index (κ1) is 19.5. The number of aliphatic imine (C=N–C) groups is 1. The van der Waals surface area contributed by atoms with E-state index in [1.54, 1.807) is 6.20 Å². The van der Waals surface area contributed by atoms with Crippen molar-refractivity contribution in [2.75, 3.05) is 0 Å². The Hall–Kier alpha value is -3.85. The third kappa shape index (κ3) is 3.96. The summed E-state index contributed by atoms with van der Waals surface area (Å²) in [6.07, 6.45) is 7.80. The molecule has 0 aliphatic heterocycles. The molecule has 0 bridgehead atoms. The van der Waals surface area contributed by atoms with Gasteiger partial charge in [-0.2, -0.15) is 0 Å². The highest BCUT2D eigenvalue weighted by atomic mass is 14.8. The molecule has 0 saturated heterocycles. The van der Waals surface area contributed by atoms with Crippen LogP contribution in [-0.2, 0) is 0 Å². The van der Waals surface area contributed by atoms with Gasteiger partial charge in [0.15, 0.2) is 0 Å². The molecule has 2 heterocycles. The molecule has 0 saturated carbocycles. The minimum absolute atomic E-state index is 0.911. The number of nitrogens with zero attached hydrogens (tertiary/aromatic N) is 3. The van der Waals surface area contributed by atoms with Gasteiger partial charge < -0.3 is 0 Å². The van der Waals surface area contributed by atoms with Crippen LogP contribution in [0.2, 0.25) is 0 Å². The van der Waals surface area contributed by atoms with Crippen LogP contribution in [0.1, 0.15) is 19.5 Å². The van der Waals surface area contributed by atoms with Crippen molar-refractivity contribution in [2.45, 2.75) is 13.8 Å². The molecule has 146 valence electrons. The predicted octanol–water partition coefficient (Wildman–Crippen LogP) is 7.01. The lowest BCUT2D eigenvalue weighted by Gasteiger charge is -2.08. The summed E-state index contributed by atoms with van der Waals surface area (Å²) in [5.41, 5.74) is 6.83. The minimum Gasteiger partial charge on any atom is -0.272 e. The van der Waals surface area contributed by atoms with Crippen LogP contribution >= 0.6 is 0 Å². The Morgan fingerprint density at radius 2 is 1.53 bits per heavy atom. The Bertz CT molecular complexity index is 1310. The molecule has 0 unspecified atom stereocenters. The molecule has 0 amide bonds. The molecule has 0 spiro atoms. The number of fused-ring (bicyclic) bond motifs is 3. The SMILES string of the molecule is C=N/C=C(\C=C/C)/C=C(\C)c1ccc2ccc3ccc(-c4ccccc4)nc3c2n1. The van der Waals surface area contributed by atoms with Gasteiger partial charge in [-0.3, -0.25) is 4.99 Å². The highest BCUT2D eigenvalue weighted by Gasteiger charge is 2.08. The van der Waals surface area contributed by atoms with Crippen LogP contribution in [0.15, 0.2) is 102 Å². The Balaban J connectivity index is 1.87. The summed E-state index contributed by atoms with van der Waals surface area (Å²) in [4.78, 5) is 13.8. The molecule has 0 aliphatic carbocycles. The zero-order valence-electron chi connectivity index (χ0n) is 17.2. The molecular formula is C27H23N3. The highest BCUT2D eigenvalue weighted by Crippen LogP contribution is 2.27. The van der Waals surface area contributed by atoms with Crippen LogP contribution < -0.4 is 0 Å². The lowest BCUT2D eigenvalue weighted by Crippen LogP contribution is -1.92. The zero-order valence-corrected chi connectivity index (χ0v) is 17.2. The van der Waals surface area contributed by atoms with Gasteiger partial charge in [0.05, 0.1) is 22.4 Å². The van der Waals surface area contributed by atoms with E-state index in [2.05, 4.69) is 73.2 Å². The molecule has 2 aromatic heterocycles. The second kappa shape index (κ2) is 8.66. The molecule has 0 aliphatic rings. The largest absolute Gasteiger partial charge is 0.272 e. The summed E-state index contributed by atoms with van der Waals surface area (Å²) >= 11 is 0. The molecule has 3 heteroatoms. The molecule has 4 aromatic rings. The maximum Gasteiger partial charge on any atom is 0.0972 e. The van der Waals surface area contributed by atoms with E-state index >= 15 is 0 Å². The van der Waals surface area contributed by atoms with E-state index in [4.69, 9.17) is 9.97 Å². The molecule has 3 nitrogen and oxygen atoms in total. The Morgan fingerprint density at radius 1 is 0.867 bits per heavy atom. The van der Waals surface area contributed by atoms with Gasteiger partial charge in [-0.25, -0.2) is 9.97 Å². The van der Waals surface area contributed by atoms with Crippen molar-refractivity contribution in [3.8, 4) is 11.3 Å². The van der Waals surface area contributed by atoms with Gasteiger partial charge in [0, 0.05) is 22.5 Å². The van der Waals surface area contributed by atoms with E-state index in [0.717, 1.165) is 49.9 Å². The number of hydrogen-bond donors (Lipinski definition) is 0. The fraction of sp³-hybridized carbons (Fsp3) is 0.0741. The quantitative estimate of drug-likeness (QED) is 0.209. The first-order chi connectivity index (χ1) is 14.7. The number of pyridine rings is 2. The van der Waals surface area contributed by atoms with Crippen molar-refractivity contribution >= 4 is 34.1 Å². The molecule has 0 radical (unpaired) electrons. The van der Waals surface area contributed by atoms with E-state index in [-0.39, 0.29) is 0 Å². The smallest absolute Gasteiger partial charge is 0.0972 e. The summed E-state index contributed by atoms with van der Waals surface area (Å²) < 4.78 is 0. The maximum absolute atomic E-state index is 4.98. The first-order valence-electron chi connectivity index (χ1n) is 9.93. The van der Waals surface area contributed by atoms with Gasteiger partial charge in [0.1, 0.15) is 0 Å². The average molecular weight is 390 g/mol. The lowest BCUT2D eigenvalue weighted by molar-refractivity contribution is 1.32. The van der Waals surface area contributed by atoms with Crippen LogP contribution in [0.3, 0.4) is 0 Å². The van der Waals surface area contributed by atoms with Crippen LogP contribution in [0.5, 0.6) is 0 Å². The standard InChI is InChI=1S/C27H23N3/c1-4-8-20(18-28-3)17-19(2)24-15-13-22-11-12-23-14-16-25(21-9-6-5-7-10-21)30-27(23)26(22)29-24/h4-18H,3H2,1-2H3/b8-4-,19-17+,20-18+. The Kier molecular flexibility index (Phi) is 5.62. The van der Waals surface area contributed by atoms with Gasteiger partial charge in [-0.05, 0) is 49.9 Å². The van der Waals surface area contributed by atoms with Crippen molar-refractivity contribution < 1.29 is 0 Å². The minimum atomic E-state index is 0.911. The van der Waals surface area contributed by atoms with Crippen molar-refractivity contribution in [3.63, 3.8) is 0 Å². The fourth-order valence-electron chi connectivity index (χ4n) is 3.51. The number of benzene rings is 2. The number of aromatic nitrogens is 2. The van der Waals surface area contributed by atoms with E-state index < -0.39 is 0 Å². The third-order valence-electron chi connectivity index (χ3n) is 4.98. The van der Waals surface area contributed by atoms with Crippen molar-refractivity contribution in [1.82, 2.24) is 9.97 Å². The fourth-order valence-corrected chi connectivity index (χ4v) is 3.51. The summed E-state index contributed by atoms with van der Waals surface area (Å²) in [5.74, 6) is 0. The summed E-state index contributed by atoms with van der Waals surface area (Å²) in [6.45, 7) is 7.60. The van der Waals surface area contributed by atoms with Gasteiger partial charge in [0.25, 0.3) is 0 Å². The summed E-state index contributed by atoms with van der Waals surface area (Å²) in [6, 6.07) is 22.8.